The molecule has 0 saturated heterocycles. The summed E-state index contributed by atoms with van der Waals surface area (Å²) >= 11 is 0. The average molecular weight is 233 g/mol. The molecule has 94 valence electrons. The quantitative estimate of drug-likeness (QED) is 0.737. The van der Waals surface area contributed by atoms with Gasteiger partial charge in [0.1, 0.15) is 0 Å². The van der Waals surface area contributed by atoms with Gasteiger partial charge in [-0.1, -0.05) is 43.7 Å². The second-order valence-electron chi connectivity index (χ2n) is 4.26. The van der Waals surface area contributed by atoms with E-state index >= 15 is 0 Å². The molecule has 1 aromatic carbocycles. The Hall–Kier alpha value is -1.31. The topological polar surface area (TPSA) is 20.3 Å². The number of nitrogens with zero attached hydrogens (tertiary/aromatic N) is 1. The molecule has 0 heterocycles. The molecule has 1 amide bonds. The minimum absolute atomic E-state index is 0.0288. The molecule has 0 aliphatic heterocycles. The molecule has 1 unspecified atom stereocenters. The first kappa shape index (κ1) is 13.8. The van der Waals surface area contributed by atoms with Crippen molar-refractivity contribution in [3.63, 3.8) is 0 Å². The minimum atomic E-state index is 0.0288. The van der Waals surface area contributed by atoms with Gasteiger partial charge in [-0.2, -0.15) is 0 Å². The van der Waals surface area contributed by atoms with Crippen LogP contribution in [0.4, 0.5) is 0 Å². The van der Waals surface area contributed by atoms with Crippen LogP contribution in [0.2, 0.25) is 0 Å². The Labute approximate surface area is 105 Å². The molecule has 0 fully saturated rings. The zero-order valence-corrected chi connectivity index (χ0v) is 11.1. The van der Waals surface area contributed by atoms with E-state index in [1.165, 1.54) is 0 Å². The van der Waals surface area contributed by atoms with Gasteiger partial charge in [-0.3, -0.25) is 4.79 Å². The van der Waals surface area contributed by atoms with Crippen LogP contribution in [0.15, 0.2) is 30.3 Å². The number of carbonyl (C=O) groups is 1. The van der Waals surface area contributed by atoms with Gasteiger partial charge in [-0.05, 0) is 25.8 Å². The van der Waals surface area contributed by atoms with Crippen LogP contribution in [0.1, 0.15) is 45.1 Å². The molecule has 0 radical (unpaired) electrons. The summed E-state index contributed by atoms with van der Waals surface area (Å²) in [4.78, 5) is 14.3. The van der Waals surface area contributed by atoms with E-state index in [9.17, 15) is 4.79 Å². The van der Waals surface area contributed by atoms with E-state index in [1.54, 1.807) is 0 Å². The van der Waals surface area contributed by atoms with Crippen molar-refractivity contribution in [1.82, 2.24) is 4.90 Å². The predicted molar refractivity (Wildman–Crippen MR) is 72.0 cm³/mol. The number of hydrogen-bond donors (Lipinski definition) is 0. The van der Waals surface area contributed by atoms with Crippen molar-refractivity contribution in [2.24, 2.45) is 0 Å². The highest BCUT2D eigenvalue weighted by molar-refractivity contribution is 5.83. The number of rotatable bonds is 6. The van der Waals surface area contributed by atoms with E-state index in [0.29, 0.717) is 0 Å². The molecular formula is C15H23NO. The Morgan fingerprint density at radius 1 is 1.12 bits per heavy atom. The molecule has 2 heteroatoms. The van der Waals surface area contributed by atoms with Crippen LogP contribution < -0.4 is 0 Å². The molecule has 0 N–H and O–H groups in total. The Bertz CT molecular complexity index is 330. The third-order valence-corrected chi connectivity index (χ3v) is 3.15. The highest BCUT2D eigenvalue weighted by atomic mass is 16.2. The maximum atomic E-state index is 12.4. The molecular weight excluding hydrogens is 210 g/mol. The Balaban J connectivity index is 2.89. The minimum Gasteiger partial charge on any atom is -0.343 e. The smallest absolute Gasteiger partial charge is 0.230 e. The lowest BCUT2D eigenvalue weighted by Gasteiger charge is -2.25. The summed E-state index contributed by atoms with van der Waals surface area (Å²) in [6.07, 6.45) is 1.96. The first-order valence-corrected chi connectivity index (χ1v) is 6.58. The first-order valence-electron chi connectivity index (χ1n) is 6.58. The van der Waals surface area contributed by atoms with E-state index < -0.39 is 0 Å². The molecule has 0 aliphatic carbocycles. The summed E-state index contributed by atoms with van der Waals surface area (Å²) in [5.74, 6) is 0.296. The van der Waals surface area contributed by atoms with Crippen molar-refractivity contribution in [1.29, 1.82) is 0 Å². The zero-order valence-electron chi connectivity index (χ0n) is 11.1. The lowest BCUT2D eigenvalue weighted by molar-refractivity contribution is -0.132. The first-order chi connectivity index (χ1) is 8.24. The van der Waals surface area contributed by atoms with Gasteiger partial charge in [0, 0.05) is 13.1 Å². The van der Waals surface area contributed by atoms with Crippen LogP contribution in [0, 0.1) is 0 Å². The standard InChI is InChI=1S/C15H23NO/c1-4-10-14(13-11-8-7-9-12-13)15(17)16(5-2)6-3/h7-9,11-12,14H,4-6,10H2,1-3H3. The number of amides is 1. The van der Waals surface area contributed by atoms with Gasteiger partial charge < -0.3 is 4.90 Å². The largest absolute Gasteiger partial charge is 0.343 e. The fraction of sp³-hybridized carbons (Fsp3) is 0.533. The monoisotopic (exact) mass is 233 g/mol. The second kappa shape index (κ2) is 7.10. The Morgan fingerprint density at radius 3 is 2.18 bits per heavy atom. The Morgan fingerprint density at radius 2 is 1.71 bits per heavy atom. The maximum Gasteiger partial charge on any atom is 0.230 e. The van der Waals surface area contributed by atoms with Crippen LogP contribution in [0.25, 0.3) is 0 Å². The average Bonchev–Trinajstić information content (AvgIpc) is 2.38. The molecule has 1 rings (SSSR count). The second-order valence-corrected chi connectivity index (χ2v) is 4.26. The van der Waals surface area contributed by atoms with Crippen molar-refractivity contribution >= 4 is 5.91 Å². The van der Waals surface area contributed by atoms with Gasteiger partial charge >= 0.3 is 0 Å². The van der Waals surface area contributed by atoms with Crippen LogP contribution in [0.5, 0.6) is 0 Å². The van der Waals surface area contributed by atoms with Crippen molar-refractivity contribution in [3.8, 4) is 0 Å². The zero-order chi connectivity index (χ0) is 12.7. The lowest BCUT2D eigenvalue weighted by Crippen LogP contribution is -2.34. The van der Waals surface area contributed by atoms with Gasteiger partial charge in [-0.25, -0.2) is 0 Å². The third-order valence-electron chi connectivity index (χ3n) is 3.15. The van der Waals surface area contributed by atoms with Crippen LogP contribution in [0.3, 0.4) is 0 Å². The van der Waals surface area contributed by atoms with Gasteiger partial charge in [0.05, 0.1) is 5.92 Å². The number of likely N-dealkylation sites (N-methyl/N-ethyl adjacent to an activating group) is 1. The van der Waals surface area contributed by atoms with Crippen LogP contribution >= 0.6 is 0 Å². The lowest BCUT2D eigenvalue weighted by atomic mass is 9.93. The van der Waals surface area contributed by atoms with E-state index in [-0.39, 0.29) is 11.8 Å². The van der Waals surface area contributed by atoms with E-state index in [4.69, 9.17) is 0 Å². The summed E-state index contributed by atoms with van der Waals surface area (Å²) in [7, 11) is 0. The molecule has 1 atom stereocenters. The molecule has 0 bridgehead atoms. The third kappa shape index (κ3) is 3.58. The normalized spacial score (nSPS) is 12.2. The molecule has 0 saturated carbocycles. The molecule has 17 heavy (non-hydrogen) atoms. The number of hydrogen-bond acceptors (Lipinski definition) is 1. The number of carbonyl (C=O) groups excluding carboxylic acids is 1. The molecule has 1 aromatic rings. The van der Waals surface area contributed by atoms with E-state index in [0.717, 1.165) is 31.5 Å². The van der Waals surface area contributed by atoms with Crippen molar-refractivity contribution < 1.29 is 4.79 Å². The summed E-state index contributed by atoms with van der Waals surface area (Å²) in [5, 5.41) is 0. The highest BCUT2D eigenvalue weighted by Crippen LogP contribution is 2.23. The maximum absolute atomic E-state index is 12.4. The van der Waals surface area contributed by atoms with Gasteiger partial charge in [-0.15, -0.1) is 0 Å². The van der Waals surface area contributed by atoms with Gasteiger partial charge in [0.25, 0.3) is 0 Å². The van der Waals surface area contributed by atoms with Gasteiger partial charge in [0.2, 0.25) is 5.91 Å². The van der Waals surface area contributed by atoms with Crippen molar-refractivity contribution in [2.75, 3.05) is 13.1 Å². The summed E-state index contributed by atoms with van der Waals surface area (Å²) in [6.45, 7) is 7.79. The summed E-state index contributed by atoms with van der Waals surface area (Å²) in [5.41, 5.74) is 1.14. The van der Waals surface area contributed by atoms with Crippen LogP contribution in [-0.2, 0) is 4.79 Å². The van der Waals surface area contributed by atoms with E-state index in [1.807, 2.05) is 36.9 Å². The van der Waals surface area contributed by atoms with Crippen LogP contribution in [-0.4, -0.2) is 23.9 Å². The fourth-order valence-electron chi connectivity index (χ4n) is 2.16. The summed E-state index contributed by atoms with van der Waals surface area (Å²) in [6, 6.07) is 10.1. The molecule has 2 nitrogen and oxygen atoms in total. The Kier molecular flexibility index (Phi) is 5.75. The van der Waals surface area contributed by atoms with Gasteiger partial charge in [0.15, 0.2) is 0 Å². The molecule has 0 spiro atoms. The number of benzene rings is 1. The highest BCUT2D eigenvalue weighted by Gasteiger charge is 2.23. The predicted octanol–water partition coefficient (Wildman–Crippen LogP) is 3.44. The SMILES string of the molecule is CCCC(C(=O)N(CC)CC)c1ccccc1. The molecule has 0 aliphatic rings. The van der Waals surface area contributed by atoms with E-state index in [2.05, 4.69) is 19.1 Å². The van der Waals surface area contributed by atoms with Crippen molar-refractivity contribution in [2.45, 2.75) is 39.5 Å². The summed E-state index contributed by atoms with van der Waals surface area (Å²) < 4.78 is 0. The van der Waals surface area contributed by atoms with Crippen molar-refractivity contribution in [3.05, 3.63) is 35.9 Å². The molecule has 0 aromatic heterocycles. The fourth-order valence-corrected chi connectivity index (χ4v) is 2.16.